The molecule has 1 aromatic rings. The van der Waals surface area contributed by atoms with E-state index in [1.807, 2.05) is 18.2 Å². The standard InChI is InChI=1S/C13H18BrNO2/c1-8(2)10-4-3-9(14)7-11(10)12(15)5-6-13(16)17/h3-4,7-8,12H,5-6,15H2,1-2H3,(H,16,17). The summed E-state index contributed by atoms with van der Waals surface area (Å²) in [5.41, 5.74) is 8.29. The van der Waals surface area contributed by atoms with Crippen LogP contribution in [0.5, 0.6) is 0 Å². The molecule has 3 nitrogen and oxygen atoms in total. The molecule has 1 aromatic carbocycles. The van der Waals surface area contributed by atoms with Crippen molar-refractivity contribution in [2.45, 2.75) is 38.6 Å². The topological polar surface area (TPSA) is 63.3 Å². The average Bonchev–Trinajstić information content (AvgIpc) is 2.25. The van der Waals surface area contributed by atoms with E-state index < -0.39 is 5.97 Å². The van der Waals surface area contributed by atoms with Crippen molar-refractivity contribution in [2.75, 3.05) is 0 Å². The molecule has 0 fully saturated rings. The van der Waals surface area contributed by atoms with Crippen molar-refractivity contribution in [1.29, 1.82) is 0 Å². The minimum absolute atomic E-state index is 0.102. The second kappa shape index (κ2) is 6.17. The Kier molecular flexibility index (Phi) is 5.15. The van der Waals surface area contributed by atoms with Gasteiger partial charge < -0.3 is 10.8 Å². The van der Waals surface area contributed by atoms with E-state index in [9.17, 15) is 4.79 Å². The minimum atomic E-state index is -0.804. The normalized spacial score (nSPS) is 12.8. The lowest BCUT2D eigenvalue weighted by atomic mass is 9.91. The highest BCUT2D eigenvalue weighted by atomic mass is 79.9. The first-order valence-electron chi connectivity index (χ1n) is 5.68. The van der Waals surface area contributed by atoms with Gasteiger partial charge in [0.25, 0.3) is 0 Å². The number of carboxylic acid groups (broad SMARTS) is 1. The molecule has 0 spiro atoms. The van der Waals surface area contributed by atoms with E-state index >= 15 is 0 Å². The monoisotopic (exact) mass is 299 g/mol. The van der Waals surface area contributed by atoms with E-state index in [1.54, 1.807) is 0 Å². The molecule has 0 aliphatic carbocycles. The maximum atomic E-state index is 10.6. The van der Waals surface area contributed by atoms with Gasteiger partial charge in [-0.2, -0.15) is 0 Å². The molecular weight excluding hydrogens is 282 g/mol. The number of benzene rings is 1. The first-order valence-corrected chi connectivity index (χ1v) is 6.47. The average molecular weight is 300 g/mol. The van der Waals surface area contributed by atoms with Gasteiger partial charge in [-0.25, -0.2) is 0 Å². The number of hydrogen-bond acceptors (Lipinski definition) is 2. The Morgan fingerprint density at radius 3 is 2.59 bits per heavy atom. The molecule has 1 rings (SSSR count). The largest absolute Gasteiger partial charge is 0.481 e. The summed E-state index contributed by atoms with van der Waals surface area (Å²) in [5, 5.41) is 8.68. The highest BCUT2D eigenvalue weighted by Crippen LogP contribution is 2.29. The van der Waals surface area contributed by atoms with Crippen LogP contribution in [0, 0.1) is 0 Å². The van der Waals surface area contributed by atoms with Gasteiger partial charge in [0.05, 0.1) is 0 Å². The van der Waals surface area contributed by atoms with Gasteiger partial charge in [0.1, 0.15) is 0 Å². The zero-order valence-electron chi connectivity index (χ0n) is 10.1. The van der Waals surface area contributed by atoms with Crippen molar-refractivity contribution >= 4 is 21.9 Å². The first kappa shape index (κ1) is 14.2. The van der Waals surface area contributed by atoms with Gasteiger partial charge in [-0.1, -0.05) is 35.8 Å². The summed E-state index contributed by atoms with van der Waals surface area (Å²) in [6, 6.07) is 5.80. The lowest BCUT2D eigenvalue weighted by molar-refractivity contribution is -0.137. The molecule has 1 atom stereocenters. The Labute approximate surface area is 110 Å². The van der Waals surface area contributed by atoms with Crippen LogP contribution >= 0.6 is 15.9 Å². The van der Waals surface area contributed by atoms with Crippen LogP contribution in [-0.4, -0.2) is 11.1 Å². The van der Waals surface area contributed by atoms with Gasteiger partial charge in [0, 0.05) is 16.9 Å². The molecule has 0 saturated heterocycles. The molecule has 0 aliphatic heterocycles. The molecule has 0 aliphatic rings. The minimum Gasteiger partial charge on any atom is -0.481 e. The third-order valence-corrected chi connectivity index (χ3v) is 3.23. The van der Waals surface area contributed by atoms with E-state index in [1.165, 1.54) is 5.56 Å². The number of carboxylic acids is 1. The number of aliphatic carboxylic acids is 1. The number of carbonyl (C=O) groups is 1. The third kappa shape index (κ3) is 4.13. The third-order valence-electron chi connectivity index (χ3n) is 2.74. The Morgan fingerprint density at radius 1 is 1.41 bits per heavy atom. The molecule has 17 heavy (non-hydrogen) atoms. The van der Waals surface area contributed by atoms with Crippen molar-refractivity contribution in [1.82, 2.24) is 0 Å². The smallest absolute Gasteiger partial charge is 0.303 e. The maximum absolute atomic E-state index is 10.6. The predicted molar refractivity (Wildman–Crippen MR) is 72.0 cm³/mol. The van der Waals surface area contributed by atoms with E-state index in [0.29, 0.717) is 12.3 Å². The fraction of sp³-hybridized carbons (Fsp3) is 0.462. The van der Waals surface area contributed by atoms with Gasteiger partial charge in [0.2, 0.25) is 0 Å². The lowest BCUT2D eigenvalue weighted by Gasteiger charge is -2.18. The van der Waals surface area contributed by atoms with Crippen molar-refractivity contribution in [3.8, 4) is 0 Å². The molecular formula is C13H18BrNO2. The Balaban J connectivity index is 2.93. The van der Waals surface area contributed by atoms with Crippen molar-refractivity contribution in [3.63, 3.8) is 0 Å². The summed E-state index contributed by atoms with van der Waals surface area (Å²) in [4.78, 5) is 10.6. The highest BCUT2D eigenvalue weighted by Gasteiger charge is 2.15. The fourth-order valence-electron chi connectivity index (χ4n) is 1.83. The molecule has 0 bridgehead atoms. The highest BCUT2D eigenvalue weighted by molar-refractivity contribution is 9.10. The van der Waals surface area contributed by atoms with Gasteiger partial charge in [-0.3, -0.25) is 4.79 Å². The molecule has 0 saturated carbocycles. The first-order chi connectivity index (χ1) is 7.91. The number of nitrogens with two attached hydrogens (primary N) is 1. The van der Waals surface area contributed by atoms with Crippen LogP contribution in [0.1, 0.15) is 49.8 Å². The van der Waals surface area contributed by atoms with E-state index in [-0.39, 0.29) is 12.5 Å². The van der Waals surface area contributed by atoms with Crippen LogP contribution < -0.4 is 5.73 Å². The second-order valence-electron chi connectivity index (χ2n) is 4.47. The van der Waals surface area contributed by atoms with Gasteiger partial charge in [-0.15, -0.1) is 0 Å². The molecule has 4 heteroatoms. The Bertz CT molecular complexity index is 404. The lowest BCUT2D eigenvalue weighted by Crippen LogP contribution is -2.15. The van der Waals surface area contributed by atoms with Crippen LogP contribution in [0.4, 0.5) is 0 Å². The molecule has 0 amide bonds. The summed E-state index contributed by atoms with van der Waals surface area (Å²) in [6.07, 6.45) is 0.566. The van der Waals surface area contributed by atoms with E-state index in [0.717, 1.165) is 10.0 Å². The molecule has 1 unspecified atom stereocenters. The van der Waals surface area contributed by atoms with E-state index in [4.69, 9.17) is 10.8 Å². The number of halogens is 1. The van der Waals surface area contributed by atoms with Crippen molar-refractivity contribution in [2.24, 2.45) is 5.73 Å². The summed E-state index contributed by atoms with van der Waals surface area (Å²) in [5.74, 6) is -0.421. The molecule has 0 aromatic heterocycles. The second-order valence-corrected chi connectivity index (χ2v) is 5.38. The van der Waals surface area contributed by atoms with Crippen LogP contribution in [0.2, 0.25) is 0 Å². The molecule has 3 N–H and O–H groups in total. The molecule has 0 heterocycles. The Morgan fingerprint density at radius 2 is 2.06 bits per heavy atom. The number of rotatable bonds is 5. The van der Waals surface area contributed by atoms with Crippen molar-refractivity contribution < 1.29 is 9.90 Å². The summed E-state index contributed by atoms with van der Waals surface area (Å²) in [7, 11) is 0. The zero-order valence-corrected chi connectivity index (χ0v) is 11.7. The van der Waals surface area contributed by atoms with Crippen molar-refractivity contribution in [3.05, 3.63) is 33.8 Å². The Hall–Kier alpha value is -0.870. The van der Waals surface area contributed by atoms with Crippen LogP contribution in [-0.2, 0) is 4.79 Å². The number of hydrogen-bond donors (Lipinski definition) is 2. The molecule has 0 radical (unpaired) electrons. The van der Waals surface area contributed by atoms with Crippen LogP contribution in [0.25, 0.3) is 0 Å². The summed E-state index contributed by atoms with van der Waals surface area (Å²) >= 11 is 3.42. The summed E-state index contributed by atoms with van der Waals surface area (Å²) < 4.78 is 0.975. The quantitative estimate of drug-likeness (QED) is 0.875. The summed E-state index contributed by atoms with van der Waals surface area (Å²) in [6.45, 7) is 4.22. The van der Waals surface area contributed by atoms with Gasteiger partial charge in [-0.05, 0) is 35.6 Å². The van der Waals surface area contributed by atoms with E-state index in [2.05, 4.69) is 29.8 Å². The van der Waals surface area contributed by atoms with Gasteiger partial charge >= 0.3 is 5.97 Å². The maximum Gasteiger partial charge on any atom is 0.303 e. The van der Waals surface area contributed by atoms with Crippen LogP contribution in [0.3, 0.4) is 0 Å². The van der Waals surface area contributed by atoms with Crippen LogP contribution in [0.15, 0.2) is 22.7 Å². The zero-order chi connectivity index (χ0) is 13.0. The SMILES string of the molecule is CC(C)c1ccc(Br)cc1C(N)CCC(=O)O. The molecule has 94 valence electrons. The van der Waals surface area contributed by atoms with Gasteiger partial charge in [0.15, 0.2) is 0 Å². The predicted octanol–water partition coefficient (Wildman–Crippen LogP) is 3.44. The fourth-order valence-corrected chi connectivity index (χ4v) is 2.21.